The highest BCUT2D eigenvalue weighted by Gasteiger charge is 2.10. The van der Waals surface area contributed by atoms with Crippen molar-refractivity contribution in [3.8, 4) is 0 Å². The molecule has 0 saturated carbocycles. The number of halogens is 1. The number of nitrogens with one attached hydrogen (secondary N) is 1. The first kappa shape index (κ1) is 17.4. The van der Waals surface area contributed by atoms with Crippen molar-refractivity contribution in [3.05, 3.63) is 75.8 Å². The van der Waals surface area contributed by atoms with Gasteiger partial charge in [0.1, 0.15) is 0 Å². The summed E-state index contributed by atoms with van der Waals surface area (Å²) < 4.78 is 6.15. The predicted octanol–water partition coefficient (Wildman–Crippen LogP) is 4.80. The second-order valence-electron chi connectivity index (χ2n) is 6.04. The second kappa shape index (κ2) is 7.61. The Bertz CT molecular complexity index is 855. The molecular weight excluding hydrogens is 382 g/mol. The number of carbonyl (C=O) groups is 1. The Labute approximate surface area is 154 Å². The Kier molecular flexibility index (Phi) is 5.28. The van der Waals surface area contributed by atoms with Crippen LogP contribution in [0.25, 0.3) is 0 Å². The second-order valence-corrected chi connectivity index (χ2v) is 6.95. The zero-order valence-corrected chi connectivity index (χ0v) is 15.6. The standard InChI is InChI=1S/C19H18BrN3O2/c1-12(2)19-22-17(23-25-19)11-13-3-9-16(10-4-13)21-18(24)14-5-7-15(20)8-6-14/h3-10,12H,11H2,1-2H3,(H,21,24). The van der Waals surface area contributed by atoms with Gasteiger partial charge in [-0.2, -0.15) is 4.98 Å². The first-order valence-corrected chi connectivity index (χ1v) is 8.79. The van der Waals surface area contributed by atoms with E-state index in [1.165, 1.54) is 0 Å². The summed E-state index contributed by atoms with van der Waals surface area (Å²) in [4.78, 5) is 16.6. The van der Waals surface area contributed by atoms with Crippen LogP contribution in [0.1, 0.15) is 47.4 Å². The summed E-state index contributed by atoms with van der Waals surface area (Å²) in [5.41, 5.74) is 2.41. The van der Waals surface area contributed by atoms with Gasteiger partial charge in [0.25, 0.3) is 5.91 Å². The molecule has 0 atom stereocenters. The monoisotopic (exact) mass is 399 g/mol. The molecule has 0 aliphatic rings. The van der Waals surface area contributed by atoms with E-state index in [2.05, 4.69) is 31.4 Å². The molecule has 0 aliphatic heterocycles. The Hall–Kier alpha value is -2.47. The van der Waals surface area contributed by atoms with Crippen molar-refractivity contribution in [2.24, 2.45) is 0 Å². The lowest BCUT2D eigenvalue weighted by Crippen LogP contribution is -2.11. The van der Waals surface area contributed by atoms with Gasteiger partial charge in [-0.1, -0.05) is 47.1 Å². The third-order valence-electron chi connectivity index (χ3n) is 3.66. The van der Waals surface area contributed by atoms with Gasteiger partial charge < -0.3 is 9.84 Å². The molecule has 1 amide bonds. The highest BCUT2D eigenvalue weighted by Crippen LogP contribution is 2.16. The van der Waals surface area contributed by atoms with Crippen LogP contribution in [0.15, 0.2) is 57.5 Å². The zero-order chi connectivity index (χ0) is 17.8. The van der Waals surface area contributed by atoms with Crippen LogP contribution in [0.3, 0.4) is 0 Å². The van der Waals surface area contributed by atoms with Crippen molar-refractivity contribution in [3.63, 3.8) is 0 Å². The van der Waals surface area contributed by atoms with E-state index in [-0.39, 0.29) is 11.8 Å². The Balaban J connectivity index is 1.63. The van der Waals surface area contributed by atoms with E-state index in [0.717, 1.165) is 15.7 Å². The van der Waals surface area contributed by atoms with Crippen LogP contribution < -0.4 is 5.32 Å². The first-order valence-electron chi connectivity index (χ1n) is 7.99. The predicted molar refractivity (Wildman–Crippen MR) is 99.7 cm³/mol. The van der Waals surface area contributed by atoms with E-state index >= 15 is 0 Å². The summed E-state index contributed by atoms with van der Waals surface area (Å²) >= 11 is 3.36. The Morgan fingerprint density at radius 3 is 2.40 bits per heavy atom. The maximum absolute atomic E-state index is 12.2. The van der Waals surface area contributed by atoms with Crippen molar-refractivity contribution in [1.29, 1.82) is 0 Å². The molecule has 6 heteroatoms. The molecular formula is C19H18BrN3O2. The number of aromatic nitrogens is 2. The average molecular weight is 400 g/mol. The van der Waals surface area contributed by atoms with Gasteiger partial charge in [-0.05, 0) is 42.0 Å². The molecule has 1 heterocycles. The van der Waals surface area contributed by atoms with Gasteiger partial charge in [0.15, 0.2) is 5.82 Å². The molecule has 128 valence electrons. The molecule has 0 fully saturated rings. The minimum absolute atomic E-state index is 0.139. The van der Waals surface area contributed by atoms with Crippen LogP contribution in [0.2, 0.25) is 0 Å². The fourth-order valence-electron chi connectivity index (χ4n) is 2.27. The van der Waals surface area contributed by atoms with E-state index in [9.17, 15) is 4.79 Å². The largest absolute Gasteiger partial charge is 0.339 e. The zero-order valence-electron chi connectivity index (χ0n) is 14.0. The van der Waals surface area contributed by atoms with Crippen LogP contribution in [0.5, 0.6) is 0 Å². The number of carbonyl (C=O) groups excluding carboxylic acids is 1. The molecule has 3 aromatic rings. The van der Waals surface area contributed by atoms with Gasteiger partial charge in [0.05, 0.1) is 0 Å². The van der Waals surface area contributed by atoms with Crippen molar-refractivity contribution < 1.29 is 9.32 Å². The van der Waals surface area contributed by atoms with Gasteiger partial charge in [0.2, 0.25) is 5.89 Å². The fourth-order valence-corrected chi connectivity index (χ4v) is 2.53. The summed E-state index contributed by atoms with van der Waals surface area (Å²) in [6, 6.07) is 14.9. The van der Waals surface area contributed by atoms with Crippen LogP contribution in [0, 0.1) is 0 Å². The minimum Gasteiger partial charge on any atom is -0.339 e. The minimum atomic E-state index is -0.139. The number of anilines is 1. The smallest absolute Gasteiger partial charge is 0.255 e. The van der Waals surface area contributed by atoms with Gasteiger partial charge in [-0.3, -0.25) is 4.79 Å². The number of rotatable bonds is 5. The average Bonchev–Trinajstić information content (AvgIpc) is 3.06. The van der Waals surface area contributed by atoms with Gasteiger partial charge in [-0.15, -0.1) is 0 Å². The van der Waals surface area contributed by atoms with Crippen LogP contribution >= 0.6 is 15.9 Å². The van der Waals surface area contributed by atoms with E-state index in [1.54, 1.807) is 12.1 Å². The number of hydrogen-bond acceptors (Lipinski definition) is 4. The van der Waals surface area contributed by atoms with E-state index in [1.807, 2.05) is 50.2 Å². The molecule has 0 radical (unpaired) electrons. The number of amides is 1. The highest BCUT2D eigenvalue weighted by atomic mass is 79.9. The maximum Gasteiger partial charge on any atom is 0.255 e. The third-order valence-corrected chi connectivity index (χ3v) is 4.19. The molecule has 2 aromatic carbocycles. The Morgan fingerprint density at radius 1 is 1.12 bits per heavy atom. The molecule has 1 N–H and O–H groups in total. The van der Waals surface area contributed by atoms with Crippen molar-refractivity contribution in [2.75, 3.05) is 5.32 Å². The highest BCUT2D eigenvalue weighted by molar-refractivity contribution is 9.10. The molecule has 0 aliphatic carbocycles. The van der Waals surface area contributed by atoms with E-state index < -0.39 is 0 Å². The Morgan fingerprint density at radius 2 is 1.80 bits per heavy atom. The van der Waals surface area contributed by atoms with E-state index in [0.29, 0.717) is 23.7 Å². The molecule has 3 rings (SSSR count). The van der Waals surface area contributed by atoms with Crippen LogP contribution in [-0.4, -0.2) is 16.0 Å². The first-order chi connectivity index (χ1) is 12.0. The fraction of sp³-hybridized carbons (Fsp3) is 0.211. The number of nitrogens with zero attached hydrogens (tertiary/aromatic N) is 2. The van der Waals surface area contributed by atoms with Gasteiger partial charge in [-0.25, -0.2) is 0 Å². The summed E-state index contributed by atoms with van der Waals surface area (Å²) in [5, 5.41) is 6.87. The molecule has 0 unspecified atom stereocenters. The molecule has 0 saturated heterocycles. The molecule has 0 spiro atoms. The van der Waals surface area contributed by atoms with Crippen LogP contribution in [0.4, 0.5) is 5.69 Å². The lowest BCUT2D eigenvalue weighted by molar-refractivity contribution is 0.102. The topological polar surface area (TPSA) is 68.0 Å². The van der Waals surface area contributed by atoms with Crippen molar-refractivity contribution >= 4 is 27.5 Å². The van der Waals surface area contributed by atoms with Crippen LogP contribution in [-0.2, 0) is 6.42 Å². The summed E-state index contributed by atoms with van der Waals surface area (Å²) in [7, 11) is 0. The van der Waals surface area contributed by atoms with Crippen molar-refractivity contribution in [1.82, 2.24) is 10.1 Å². The molecule has 25 heavy (non-hydrogen) atoms. The summed E-state index contributed by atoms with van der Waals surface area (Å²) in [6.07, 6.45) is 0.594. The lowest BCUT2D eigenvalue weighted by atomic mass is 10.1. The van der Waals surface area contributed by atoms with Gasteiger partial charge in [0, 0.05) is 28.1 Å². The SMILES string of the molecule is CC(C)c1nc(Cc2ccc(NC(=O)c3ccc(Br)cc3)cc2)no1. The third kappa shape index (κ3) is 4.54. The lowest BCUT2D eigenvalue weighted by Gasteiger charge is -2.06. The molecule has 0 bridgehead atoms. The normalized spacial score (nSPS) is 10.9. The molecule has 1 aromatic heterocycles. The molecule has 5 nitrogen and oxygen atoms in total. The maximum atomic E-state index is 12.2. The number of benzene rings is 2. The summed E-state index contributed by atoms with van der Waals surface area (Å²) in [6.45, 7) is 4.03. The van der Waals surface area contributed by atoms with Gasteiger partial charge >= 0.3 is 0 Å². The number of hydrogen-bond donors (Lipinski definition) is 1. The summed E-state index contributed by atoms with van der Waals surface area (Å²) in [5.74, 6) is 1.39. The van der Waals surface area contributed by atoms with E-state index in [4.69, 9.17) is 4.52 Å². The van der Waals surface area contributed by atoms with Crippen molar-refractivity contribution in [2.45, 2.75) is 26.2 Å². The quantitative estimate of drug-likeness (QED) is 0.668.